The van der Waals surface area contributed by atoms with E-state index in [1.165, 1.54) is 11.1 Å². The van der Waals surface area contributed by atoms with Crippen molar-refractivity contribution in [2.45, 2.75) is 33.7 Å². The number of rotatable bonds is 3. The number of hydrogen-bond donors (Lipinski definition) is 1. The van der Waals surface area contributed by atoms with Crippen LogP contribution in [0.5, 0.6) is 0 Å². The zero-order valence-corrected chi connectivity index (χ0v) is 10.9. The lowest BCUT2D eigenvalue weighted by atomic mass is 10.1. The first-order chi connectivity index (χ1) is 7.59. The van der Waals surface area contributed by atoms with Gasteiger partial charge < -0.3 is 9.55 Å². The molecule has 0 aliphatic rings. The molecule has 0 amide bonds. The molecule has 0 aliphatic heterocycles. The van der Waals surface area contributed by atoms with Gasteiger partial charge in [0.2, 0.25) is 0 Å². The topological polar surface area (TPSA) is 20.7 Å². The fraction of sp³-hybridized carbons (Fsp3) is 0.462. The molecule has 1 aromatic carbocycles. The summed E-state index contributed by atoms with van der Waals surface area (Å²) in [7, 11) is 0. The summed E-state index contributed by atoms with van der Waals surface area (Å²) in [6.45, 7) is 7.62. The average molecular weight is 234 g/mol. The Morgan fingerprint density at radius 2 is 2.12 bits per heavy atom. The molecule has 86 valence electrons. The van der Waals surface area contributed by atoms with Crippen LogP contribution in [-0.2, 0) is 6.54 Å². The molecule has 1 N–H and O–H groups in total. The molecule has 0 saturated carbocycles. The van der Waals surface area contributed by atoms with Crippen LogP contribution in [0.3, 0.4) is 0 Å². The molecule has 1 aromatic heterocycles. The van der Waals surface area contributed by atoms with Crippen molar-refractivity contribution in [3.63, 3.8) is 0 Å². The minimum absolute atomic E-state index is 0.705. The Labute approximate surface area is 101 Å². The Morgan fingerprint density at radius 1 is 1.38 bits per heavy atom. The maximum absolute atomic E-state index is 5.37. The molecule has 0 atom stereocenters. The van der Waals surface area contributed by atoms with Crippen molar-refractivity contribution >= 4 is 23.3 Å². The van der Waals surface area contributed by atoms with Crippen LogP contribution in [-0.4, -0.2) is 9.55 Å². The van der Waals surface area contributed by atoms with Crippen LogP contribution in [0.2, 0.25) is 0 Å². The van der Waals surface area contributed by atoms with Crippen molar-refractivity contribution in [2.24, 2.45) is 5.92 Å². The minimum atomic E-state index is 0.705. The number of nitrogens with zero attached hydrogens (tertiary/aromatic N) is 1. The van der Waals surface area contributed by atoms with E-state index in [2.05, 4.69) is 48.5 Å². The minimum Gasteiger partial charge on any atom is -0.331 e. The van der Waals surface area contributed by atoms with E-state index in [9.17, 15) is 0 Å². The zero-order chi connectivity index (χ0) is 11.7. The first-order valence-electron chi connectivity index (χ1n) is 5.77. The number of aromatic nitrogens is 2. The largest absolute Gasteiger partial charge is 0.331 e. The molecule has 2 aromatic rings. The number of H-pyrrole nitrogens is 1. The Balaban J connectivity index is 2.51. The molecule has 1 heterocycles. The normalized spacial score (nSPS) is 11.5. The van der Waals surface area contributed by atoms with Crippen molar-refractivity contribution in [1.82, 2.24) is 9.55 Å². The molecule has 0 radical (unpaired) electrons. The van der Waals surface area contributed by atoms with Gasteiger partial charge in [-0.3, -0.25) is 0 Å². The number of nitrogens with one attached hydrogen (secondary N) is 1. The predicted molar refractivity (Wildman–Crippen MR) is 71.3 cm³/mol. The van der Waals surface area contributed by atoms with Gasteiger partial charge in [-0.1, -0.05) is 26.0 Å². The van der Waals surface area contributed by atoms with E-state index in [-0.39, 0.29) is 0 Å². The number of aromatic amines is 1. The van der Waals surface area contributed by atoms with E-state index in [1.54, 1.807) is 0 Å². The fourth-order valence-corrected chi connectivity index (χ4v) is 2.30. The lowest BCUT2D eigenvalue weighted by Crippen LogP contribution is -2.02. The molecular formula is C13H18N2S. The van der Waals surface area contributed by atoms with E-state index in [0.717, 1.165) is 23.3 Å². The molecule has 16 heavy (non-hydrogen) atoms. The van der Waals surface area contributed by atoms with Crippen LogP contribution in [0, 0.1) is 17.6 Å². The second kappa shape index (κ2) is 4.42. The molecule has 2 rings (SSSR count). The van der Waals surface area contributed by atoms with Gasteiger partial charge in [0.25, 0.3) is 0 Å². The highest BCUT2D eigenvalue weighted by atomic mass is 32.1. The molecule has 0 spiro atoms. The highest BCUT2D eigenvalue weighted by Crippen LogP contribution is 2.19. The van der Waals surface area contributed by atoms with E-state index in [4.69, 9.17) is 12.2 Å². The summed E-state index contributed by atoms with van der Waals surface area (Å²) in [5, 5.41) is 0. The van der Waals surface area contributed by atoms with Gasteiger partial charge >= 0.3 is 0 Å². The van der Waals surface area contributed by atoms with Gasteiger partial charge in [-0.05, 0) is 43.1 Å². The molecule has 0 unspecified atom stereocenters. The Hall–Kier alpha value is -1.09. The van der Waals surface area contributed by atoms with Gasteiger partial charge in [-0.15, -0.1) is 0 Å². The van der Waals surface area contributed by atoms with Gasteiger partial charge in [0.1, 0.15) is 0 Å². The lowest BCUT2D eigenvalue weighted by Gasteiger charge is -2.08. The predicted octanol–water partition coefficient (Wildman–Crippen LogP) is 4.05. The number of benzene rings is 1. The maximum Gasteiger partial charge on any atom is 0.178 e. The number of imidazole rings is 1. The molecule has 3 heteroatoms. The summed E-state index contributed by atoms with van der Waals surface area (Å²) >= 11 is 5.37. The third-order valence-electron chi connectivity index (χ3n) is 2.92. The number of hydrogen-bond acceptors (Lipinski definition) is 1. The van der Waals surface area contributed by atoms with E-state index >= 15 is 0 Å². The second-order valence-electron chi connectivity index (χ2n) is 4.74. The molecular weight excluding hydrogens is 216 g/mol. The van der Waals surface area contributed by atoms with Crippen molar-refractivity contribution in [3.05, 3.63) is 28.5 Å². The molecule has 0 aliphatic carbocycles. The van der Waals surface area contributed by atoms with Crippen molar-refractivity contribution in [2.75, 3.05) is 0 Å². The number of para-hydroxylation sites is 1. The van der Waals surface area contributed by atoms with Gasteiger partial charge in [-0.25, -0.2) is 0 Å². The highest BCUT2D eigenvalue weighted by Gasteiger charge is 2.06. The lowest BCUT2D eigenvalue weighted by molar-refractivity contribution is 0.520. The number of aryl methyl sites for hydroxylation is 2. The SMILES string of the molecule is Cc1cccc2[nH]c(=S)n(CCC(C)C)c12. The standard InChI is InChI=1S/C13H18N2S/c1-9(2)7-8-15-12-10(3)5-4-6-11(12)14-13(15)16/h4-6,9H,7-8H2,1-3H3,(H,14,16). The summed E-state index contributed by atoms with van der Waals surface area (Å²) in [4.78, 5) is 3.27. The van der Waals surface area contributed by atoms with Gasteiger partial charge in [0.05, 0.1) is 11.0 Å². The van der Waals surface area contributed by atoms with Gasteiger partial charge in [0, 0.05) is 6.54 Å². The summed E-state index contributed by atoms with van der Waals surface area (Å²) in [5.74, 6) is 0.705. The summed E-state index contributed by atoms with van der Waals surface area (Å²) in [6.07, 6.45) is 1.16. The fourth-order valence-electron chi connectivity index (χ4n) is 2.00. The molecule has 0 saturated heterocycles. The highest BCUT2D eigenvalue weighted by molar-refractivity contribution is 7.71. The maximum atomic E-state index is 5.37. The van der Waals surface area contributed by atoms with Gasteiger partial charge in [-0.2, -0.15) is 0 Å². The van der Waals surface area contributed by atoms with Crippen LogP contribution in [0.4, 0.5) is 0 Å². The summed E-state index contributed by atoms with van der Waals surface area (Å²) in [5.41, 5.74) is 3.69. The summed E-state index contributed by atoms with van der Waals surface area (Å²) < 4.78 is 3.06. The first kappa shape index (κ1) is 11.4. The van der Waals surface area contributed by atoms with Crippen LogP contribution in [0.15, 0.2) is 18.2 Å². The quantitative estimate of drug-likeness (QED) is 0.794. The van der Waals surface area contributed by atoms with Crippen molar-refractivity contribution in [1.29, 1.82) is 0 Å². The molecule has 0 fully saturated rings. The average Bonchev–Trinajstić information content (AvgIpc) is 2.52. The monoisotopic (exact) mass is 234 g/mol. The van der Waals surface area contributed by atoms with Gasteiger partial charge in [0.15, 0.2) is 4.77 Å². The van der Waals surface area contributed by atoms with E-state index < -0.39 is 0 Å². The summed E-state index contributed by atoms with van der Waals surface area (Å²) in [6, 6.07) is 6.29. The van der Waals surface area contributed by atoms with Crippen LogP contribution in [0.1, 0.15) is 25.8 Å². The van der Waals surface area contributed by atoms with Crippen LogP contribution >= 0.6 is 12.2 Å². The van der Waals surface area contributed by atoms with E-state index in [1.807, 2.05) is 0 Å². The van der Waals surface area contributed by atoms with Crippen molar-refractivity contribution in [3.8, 4) is 0 Å². The Bertz CT molecular complexity index is 549. The smallest absolute Gasteiger partial charge is 0.178 e. The van der Waals surface area contributed by atoms with E-state index in [0.29, 0.717) is 5.92 Å². The Morgan fingerprint density at radius 3 is 2.81 bits per heavy atom. The zero-order valence-electron chi connectivity index (χ0n) is 10.1. The third kappa shape index (κ3) is 2.05. The van der Waals surface area contributed by atoms with Crippen molar-refractivity contribution < 1.29 is 0 Å². The first-order valence-corrected chi connectivity index (χ1v) is 6.18. The number of fused-ring (bicyclic) bond motifs is 1. The van der Waals surface area contributed by atoms with Crippen LogP contribution < -0.4 is 0 Å². The molecule has 2 nitrogen and oxygen atoms in total. The molecule has 0 bridgehead atoms. The third-order valence-corrected chi connectivity index (χ3v) is 3.25. The van der Waals surface area contributed by atoms with Crippen LogP contribution in [0.25, 0.3) is 11.0 Å². The second-order valence-corrected chi connectivity index (χ2v) is 5.12. The Kier molecular flexibility index (Phi) is 3.15.